The molecule has 0 aliphatic heterocycles. The van der Waals surface area contributed by atoms with Gasteiger partial charge in [0.15, 0.2) is 0 Å². The van der Waals surface area contributed by atoms with Crippen molar-refractivity contribution in [3.63, 3.8) is 0 Å². The van der Waals surface area contributed by atoms with E-state index in [0.29, 0.717) is 6.42 Å². The van der Waals surface area contributed by atoms with E-state index >= 15 is 0 Å². The highest BCUT2D eigenvalue weighted by atomic mass is 35.5. The van der Waals surface area contributed by atoms with Gasteiger partial charge in [-0.25, -0.2) is 4.84 Å². The molecule has 0 heterocycles. The number of Topliss-reactive ketones (excluding diaryl/α,β-unsaturated/α-hetero) is 2. The van der Waals surface area contributed by atoms with Crippen molar-refractivity contribution >= 4 is 46.9 Å². The highest BCUT2D eigenvalue weighted by molar-refractivity contribution is 6.15. The van der Waals surface area contributed by atoms with Gasteiger partial charge in [-0.3, -0.25) is 34.1 Å². The molecule has 0 fully saturated rings. The number of ketones is 2. The summed E-state index contributed by atoms with van der Waals surface area (Å²) < 4.78 is 15.4. The SMILES string of the molecule is CC(=O)[C@H](CCC(=O)OC(C)(C)C)CC(=O)Oc1ccc([N+](=O)[O-])cc1.CC(=O)[C@H](CCC(=O)OC(C)(C)C)NCl. The van der Waals surface area contributed by atoms with Crippen molar-refractivity contribution in [2.75, 3.05) is 0 Å². The van der Waals surface area contributed by atoms with Crippen LogP contribution in [0.5, 0.6) is 5.75 Å². The van der Waals surface area contributed by atoms with Crippen LogP contribution in [0, 0.1) is 16.0 Å². The Balaban J connectivity index is 0.000000909. The number of ether oxygens (including phenoxy) is 3. The molecule has 0 saturated heterocycles. The Labute approximate surface area is 245 Å². The van der Waals surface area contributed by atoms with Gasteiger partial charge in [0, 0.05) is 30.9 Å². The molecule has 0 saturated carbocycles. The van der Waals surface area contributed by atoms with Crippen molar-refractivity contribution in [2.45, 2.75) is 105 Å². The second kappa shape index (κ2) is 17.4. The van der Waals surface area contributed by atoms with Gasteiger partial charge in [0.05, 0.1) is 17.4 Å². The number of carbonyl (C=O) groups excluding carboxylic acids is 5. The van der Waals surface area contributed by atoms with Gasteiger partial charge >= 0.3 is 17.9 Å². The van der Waals surface area contributed by atoms with Crippen LogP contribution in [0.1, 0.15) is 87.5 Å². The van der Waals surface area contributed by atoms with Crippen LogP contribution in [0.2, 0.25) is 0 Å². The summed E-state index contributed by atoms with van der Waals surface area (Å²) in [5.74, 6) is -2.23. The molecule has 2 atom stereocenters. The van der Waals surface area contributed by atoms with E-state index in [1.54, 1.807) is 41.5 Å². The predicted octanol–water partition coefficient (Wildman–Crippen LogP) is 5.03. The molecule has 0 amide bonds. The third-order valence-electron chi connectivity index (χ3n) is 5.06. The minimum Gasteiger partial charge on any atom is -0.460 e. The Morgan fingerprint density at radius 2 is 1.29 bits per heavy atom. The number of carbonyl (C=O) groups is 5. The maximum atomic E-state index is 12.0. The Hall–Kier alpha value is -3.38. The summed E-state index contributed by atoms with van der Waals surface area (Å²) in [7, 11) is 0. The molecule has 0 radical (unpaired) electrons. The van der Waals surface area contributed by atoms with Crippen LogP contribution in [-0.2, 0) is 33.4 Å². The molecule has 1 aromatic rings. The minimum atomic E-state index is -0.659. The molecule has 1 N–H and O–H groups in total. The first kappa shape index (κ1) is 37.6. The molecule has 1 rings (SSSR count). The summed E-state index contributed by atoms with van der Waals surface area (Å²) in [6, 6.07) is 4.55. The summed E-state index contributed by atoms with van der Waals surface area (Å²) in [5.41, 5.74) is -1.22. The molecule has 13 heteroatoms. The number of benzene rings is 1. The first-order chi connectivity index (χ1) is 18.7. The molecule has 0 aliphatic rings. The molecule has 0 unspecified atom stereocenters. The van der Waals surface area contributed by atoms with Crippen LogP contribution in [-0.4, -0.2) is 51.6 Å². The monoisotopic (exact) mass is 600 g/mol. The lowest BCUT2D eigenvalue weighted by Gasteiger charge is -2.20. The topological polar surface area (TPSA) is 168 Å². The van der Waals surface area contributed by atoms with Gasteiger partial charge in [0.1, 0.15) is 28.5 Å². The maximum Gasteiger partial charge on any atom is 0.311 e. The van der Waals surface area contributed by atoms with Gasteiger partial charge in [0.2, 0.25) is 0 Å². The molecule has 0 aromatic heterocycles. The van der Waals surface area contributed by atoms with Gasteiger partial charge in [-0.15, -0.1) is 0 Å². The van der Waals surface area contributed by atoms with Gasteiger partial charge in [-0.05, 0) is 92.1 Å². The number of halogens is 1. The highest BCUT2D eigenvalue weighted by Crippen LogP contribution is 2.20. The fraction of sp³-hybridized carbons (Fsp3) is 0.607. The normalized spacial score (nSPS) is 12.6. The Morgan fingerprint density at radius 1 is 0.829 bits per heavy atom. The van der Waals surface area contributed by atoms with E-state index in [1.165, 1.54) is 38.1 Å². The number of nitrogens with one attached hydrogen (secondary N) is 1. The van der Waals surface area contributed by atoms with E-state index in [0.717, 1.165) is 0 Å². The molecule has 1 aromatic carbocycles. The zero-order valence-electron chi connectivity index (χ0n) is 24.9. The Kier molecular flexibility index (Phi) is 16.0. The summed E-state index contributed by atoms with van der Waals surface area (Å²) >= 11 is 5.36. The molecule has 41 heavy (non-hydrogen) atoms. The largest absolute Gasteiger partial charge is 0.460 e. The number of rotatable bonds is 13. The van der Waals surface area contributed by atoms with Crippen LogP contribution in [0.3, 0.4) is 0 Å². The van der Waals surface area contributed by atoms with Crippen LogP contribution in [0.25, 0.3) is 0 Å². The Morgan fingerprint density at radius 3 is 1.66 bits per heavy atom. The van der Waals surface area contributed by atoms with Crippen molar-refractivity contribution < 1.29 is 43.1 Å². The van der Waals surface area contributed by atoms with E-state index in [2.05, 4.69) is 4.84 Å². The lowest BCUT2D eigenvalue weighted by molar-refractivity contribution is -0.384. The van der Waals surface area contributed by atoms with Gasteiger partial charge in [0.25, 0.3) is 5.69 Å². The van der Waals surface area contributed by atoms with E-state index in [-0.39, 0.29) is 54.7 Å². The highest BCUT2D eigenvalue weighted by Gasteiger charge is 2.23. The van der Waals surface area contributed by atoms with Crippen LogP contribution in [0.4, 0.5) is 5.69 Å². The fourth-order valence-corrected chi connectivity index (χ4v) is 3.40. The molecular formula is C28H41ClN2O10. The van der Waals surface area contributed by atoms with E-state index in [1.807, 2.05) is 0 Å². The number of nitro benzene ring substituents is 1. The second-order valence-electron chi connectivity index (χ2n) is 11.3. The van der Waals surface area contributed by atoms with Crippen molar-refractivity contribution in [3.05, 3.63) is 34.4 Å². The third-order valence-corrected chi connectivity index (χ3v) is 5.33. The second-order valence-corrected chi connectivity index (χ2v) is 11.5. The molecule has 230 valence electrons. The number of nitro groups is 1. The number of hydrogen-bond acceptors (Lipinski definition) is 11. The summed E-state index contributed by atoms with van der Waals surface area (Å²) in [6.07, 6.45) is 0.552. The molecular weight excluding hydrogens is 560 g/mol. The first-order valence-corrected chi connectivity index (χ1v) is 13.4. The van der Waals surface area contributed by atoms with Crippen molar-refractivity contribution in [1.82, 2.24) is 4.84 Å². The van der Waals surface area contributed by atoms with E-state index in [4.69, 9.17) is 26.0 Å². The maximum absolute atomic E-state index is 12.0. The zero-order chi connectivity index (χ0) is 32.0. The van der Waals surface area contributed by atoms with Crippen LogP contribution >= 0.6 is 11.8 Å². The van der Waals surface area contributed by atoms with Gasteiger partial charge < -0.3 is 14.2 Å². The molecule has 0 aliphatic carbocycles. The average Bonchev–Trinajstić information content (AvgIpc) is 2.80. The van der Waals surface area contributed by atoms with E-state index < -0.39 is 40.0 Å². The smallest absolute Gasteiger partial charge is 0.311 e. The average molecular weight is 601 g/mol. The predicted molar refractivity (Wildman–Crippen MR) is 151 cm³/mol. The quantitative estimate of drug-likeness (QED) is 0.106. The standard InChI is InChI=1S/C18H23NO7.C10H18ClNO3/c1-12(20)13(5-10-16(21)26-18(2,3)4)11-17(22)25-15-8-6-14(7-9-15)19(23)24;1-7(13)8(12-11)5-6-9(14)15-10(2,3)4/h6-9,13H,5,10-11H2,1-4H3;8,12H,5-6H2,1-4H3/t13-;8-/m10/s1. The molecule has 12 nitrogen and oxygen atoms in total. The number of hydrogen-bond donors (Lipinski definition) is 1. The van der Waals surface area contributed by atoms with Gasteiger partial charge in [-0.1, -0.05) is 0 Å². The van der Waals surface area contributed by atoms with E-state index in [9.17, 15) is 34.1 Å². The van der Waals surface area contributed by atoms with Gasteiger partial charge in [-0.2, -0.15) is 0 Å². The third kappa shape index (κ3) is 18.6. The van der Waals surface area contributed by atoms with Crippen molar-refractivity contribution in [2.24, 2.45) is 5.92 Å². The Bertz CT molecular complexity index is 1060. The summed E-state index contributed by atoms with van der Waals surface area (Å²) in [4.78, 5) is 70.1. The summed E-state index contributed by atoms with van der Waals surface area (Å²) in [5, 5.41) is 10.6. The lowest BCUT2D eigenvalue weighted by atomic mass is 9.95. The van der Waals surface area contributed by atoms with Crippen LogP contribution < -0.4 is 9.57 Å². The molecule has 0 bridgehead atoms. The number of non-ortho nitro benzene ring substituents is 1. The minimum absolute atomic E-state index is 0.0202. The number of esters is 3. The van der Waals surface area contributed by atoms with Crippen LogP contribution in [0.15, 0.2) is 24.3 Å². The zero-order valence-corrected chi connectivity index (χ0v) is 25.7. The summed E-state index contributed by atoms with van der Waals surface area (Å²) in [6.45, 7) is 13.4. The fourth-order valence-electron chi connectivity index (χ4n) is 3.13. The van der Waals surface area contributed by atoms with Crippen molar-refractivity contribution in [1.29, 1.82) is 0 Å². The first-order valence-electron chi connectivity index (χ1n) is 13.0. The lowest BCUT2D eigenvalue weighted by Crippen LogP contribution is -2.31. The van der Waals surface area contributed by atoms with Crippen molar-refractivity contribution in [3.8, 4) is 5.75 Å². The number of nitrogens with zero attached hydrogens (tertiary/aromatic N) is 1. The molecule has 0 spiro atoms.